The molecule has 2 rings (SSSR count). The van der Waals surface area contributed by atoms with Gasteiger partial charge in [0, 0.05) is 32.2 Å². The normalized spacial score (nSPS) is 13.7. The van der Waals surface area contributed by atoms with Gasteiger partial charge in [-0.15, -0.1) is 0 Å². The van der Waals surface area contributed by atoms with Crippen molar-refractivity contribution in [2.24, 2.45) is 11.1 Å². The van der Waals surface area contributed by atoms with E-state index in [9.17, 15) is 54.3 Å². The van der Waals surface area contributed by atoms with Gasteiger partial charge in [0.05, 0.1) is 5.56 Å². The van der Waals surface area contributed by atoms with Crippen LogP contribution in [0.2, 0.25) is 6.55 Å². The molecule has 10 nitrogen and oxygen atoms in total. The topological polar surface area (TPSA) is 127 Å². The standard InChI is InChI=1S/C31H33F8NO9Si/c1-6-8-12-19(7-2)23(40-48-25(42)21-13-10-9-11-14-21)24(41)20-15-17-22(18-16-20)47-26(43)28(32,33)30(36,37)31(38,39)29(34,35)27(44)49-50(5,45-3)46-4/h9-11,13-19H,6-8,12H2,1-5H3/b40-23+. The first-order valence-electron chi connectivity index (χ1n) is 14.7. The highest BCUT2D eigenvalue weighted by molar-refractivity contribution is 6.61. The molecule has 0 bridgehead atoms. The van der Waals surface area contributed by atoms with Crippen LogP contribution in [0.4, 0.5) is 35.1 Å². The summed E-state index contributed by atoms with van der Waals surface area (Å²) in [5.74, 6) is -37.8. The van der Waals surface area contributed by atoms with Crippen molar-refractivity contribution >= 4 is 38.2 Å². The number of hydrogen-bond donors (Lipinski definition) is 0. The molecule has 0 spiro atoms. The largest absolute Gasteiger partial charge is 0.564 e. The predicted molar refractivity (Wildman–Crippen MR) is 161 cm³/mol. The average Bonchev–Trinajstić information content (AvgIpc) is 3.09. The molecule has 0 heterocycles. The van der Waals surface area contributed by atoms with Gasteiger partial charge in [0.25, 0.3) is 0 Å². The quantitative estimate of drug-likeness (QED) is 0.0229. The zero-order valence-corrected chi connectivity index (χ0v) is 28.2. The van der Waals surface area contributed by atoms with Crippen LogP contribution >= 0.6 is 0 Å². The number of rotatable bonds is 18. The fraction of sp³-hybridized carbons (Fsp3) is 0.452. The van der Waals surface area contributed by atoms with Crippen LogP contribution < -0.4 is 4.74 Å². The third-order valence-electron chi connectivity index (χ3n) is 7.30. The first-order chi connectivity index (χ1) is 23.2. The van der Waals surface area contributed by atoms with E-state index in [1.165, 1.54) is 12.1 Å². The van der Waals surface area contributed by atoms with Gasteiger partial charge in [-0.05, 0) is 49.2 Å². The van der Waals surface area contributed by atoms with E-state index in [1.807, 2.05) is 6.92 Å². The van der Waals surface area contributed by atoms with E-state index in [4.69, 9.17) is 4.84 Å². The summed E-state index contributed by atoms with van der Waals surface area (Å²) in [7, 11) is -2.94. The maximum Gasteiger partial charge on any atom is 0.564 e. The van der Waals surface area contributed by atoms with Crippen molar-refractivity contribution in [1.82, 2.24) is 0 Å². The number of carbonyl (C=O) groups is 4. The Morgan fingerprint density at radius 1 is 0.760 bits per heavy atom. The molecule has 19 heteroatoms. The Morgan fingerprint density at radius 2 is 1.28 bits per heavy atom. The molecule has 2 aromatic carbocycles. The van der Waals surface area contributed by atoms with Gasteiger partial charge in [-0.1, -0.05) is 50.0 Å². The number of hydrogen-bond acceptors (Lipinski definition) is 10. The van der Waals surface area contributed by atoms with Crippen LogP contribution in [0.5, 0.6) is 5.75 Å². The van der Waals surface area contributed by atoms with Gasteiger partial charge >= 0.3 is 50.4 Å². The summed E-state index contributed by atoms with van der Waals surface area (Å²) in [5, 5.41) is 3.79. The minimum absolute atomic E-state index is 0.126. The molecule has 0 aliphatic rings. The summed E-state index contributed by atoms with van der Waals surface area (Å²) in [6, 6.07) is 10.7. The Bertz CT molecular complexity index is 1540. The number of oxime groups is 1. The number of alkyl halides is 8. The summed E-state index contributed by atoms with van der Waals surface area (Å²) >= 11 is 0. The number of carbonyl (C=O) groups excluding carboxylic acids is 4. The van der Waals surface area contributed by atoms with Crippen LogP contribution in [-0.4, -0.2) is 76.1 Å². The molecule has 50 heavy (non-hydrogen) atoms. The fourth-order valence-electron chi connectivity index (χ4n) is 4.05. The lowest BCUT2D eigenvalue weighted by Gasteiger charge is -2.35. The Balaban J connectivity index is 2.34. The van der Waals surface area contributed by atoms with Crippen LogP contribution in [0.15, 0.2) is 59.8 Å². The second-order valence-corrected chi connectivity index (χ2v) is 13.4. The maximum absolute atomic E-state index is 14.5. The van der Waals surface area contributed by atoms with Crippen molar-refractivity contribution in [1.29, 1.82) is 0 Å². The summed E-state index contributed by atoms with van der Waals surface area (Å²) in [6.45, 7) is 4.36. The minimum Gasteiger partial charge on any atom is -0.469 e. The second kappa shape index (κ2) is 16.6. The van der Waals surface area contributed by atoms with Gasteiger partial charge in [0.1, 0.15) is 11.5 Å². The van der Waals surface area contributed by atoms with Crippen molar-refractivity contribution in [3.8, 4) is 5.75 Å². The minimum atomic E-state index is -7.23. The number of unbranched alkanes of at least 4 members (excludes halogenated alkanes) is 1. The van der Waals surface area contributed by atoms with Crippen molar-refractivity contribution < 1.29 is 77.2 Å². The van der Waals surface area contributed by atoms with Gasteiger partial charge in [0.15, 0.2) is 0 Å². The van der Waals surface area contributed by atoms with E-state index >= 15 is 0 Å². The fourth-order valence-corrected chi connectivity index (χ4v) is 4.85. The van der Waals surface area contributed by atoms with Gasteiger partial charge in [-0.2, -0.15) is 35.1 Å². The molecule has 0 saturated carbocycles. The zero-order valence-electron chi connectivity index (χ0n) is 27.2. The monoisotopic (exact) mass is 743 g/mol. The smallest absolute Gasteiger partial charge is 0.469 e. The van der Waals surface area contributed by atoms with Crippen LogP contribution in [0.1, 0.15) is 60.2 Å². The molecule has 0 amide bonds. The number of ketones is 1. The molecule has 0 radical (unpaired) electrons. The Labute approximate surface area is 282 Å². The molecule has 276 valence electrons. The SMILES string of the molecule is CCCCC(CC)/C(=N\OC(=O)c1ccccc1)C(=O)c1ccc(OC(=O)C(F)(F)C(F)(F)C(F)(F)C(F)(F)C(=O)O[Si](C)(OC)OC)cc1. The van der Waals surface area contributed by atoms with E-state index < -0.39 is 67.9 Å². The van der Waals surface area contributed by atoms with Crippen molar-refractivity contribution in [2.45, 2.75) is 69.8 Å². The number of nitrogens with zero attached hydrogens (tertiary/aromatic N) is 1. The molecule has 0 N–H and O–H groups in total. The van der Waals surface area contributed by atoms with Crippen molar-refractivity contribution in [2.75, 3.05) is 14.2 Å². The number of benzene rings is 2. The Hall–Kier alpha value is -4.23. The molecule has 0 aliphatic carbocycles. The third-order valence-corrected chi connectivity index (χ3v) is 9.34. The van der Waals surface area contributed by atoms with Crippen LogP contribution in [0.3, 0.4) is 0 Å². The van der Waals surface area contributed by atoms with Gasteiger partial charge in [-0.3, -0.25) is 4.79 Å². The van der Waals surface area contributed by atoms with Crippen molar-refractivity contribution in [3.05, 3.63) is 65.7 Å². The Kier molecular flexibility index (Phi) is 14.0. The molecule has 0 aliphatic heterocycles. The zero-order chi connectivity index (χ0) is 38.1. The number of ether oxygens (including phenoxy) is 1. The second-order valence-electron chi connectivity index (χ2n) is 10.7. The van der Waals surface area contributed by atoms with E-state index in [0.29, 0.717) is 31.4 Å². The Morgan fingerprint density at radius 3 is 1.76 bits per heavy atom. The molecule has 1 atom stereocenters. The van der Waals surface area contributed by atoms with E-state index in [2.05, 4.69) is 23.2 Å². The predicted octanol–water partition coefficient (Wildman–Crippen LogP) is 7.15. The number of esters is 1. The maximum atomic E-state index is 14.5. The van der Waals surface area contributed by atoms with E-state index in [1.54, 1.807) is 25.1 Å². The lowest BCUT2D eigenvalue weighted by Crippen LogP contribution is -2.67. The van der Waals surface area contributed by atoms with E-state index in [0.717, 1.165) is 39.3 Å². The molecule has 1 unspecified atom stereocenters. The summed E-state index contributed by atoms with van der Waals surface area (Å²) < 4.78 is 132. The summed E-state index contributed by atoms with van der Waals surface area (Å²) in [6.07, 6.45) is 2.20. The van der Waals surface area contributed by atoms with Crippen molar-refractivity contribution in [3.63, 3.8) is 0 Å². The highest BCUT2D eigenvalue weighted by Gasteiger charge is 2.86. The van der Waals surface area contributed by atoms with Crippen LogP contribution in [0.25, 0.3) is 0 Å². The molecule has 0 saturated heterocycles. The third kappa shape index (κ3) is 8.91. The van der Waals surface area contributed by atoms with Gasteiger partial charge in [-0.25, -0.2) is 14.4 Å². The van der Waals surface area contributed by atoms with Crippen LogP contribution in [0, 0.1) is 5.92 Å². The lowest BCUT2D eigenvalue weighted by atomic mass is 9.89. The molecule has 2 aromatic rings. The number of Topliss-reactive ketones (excluding diaryl/α,β-unsaturated/α-hetero) is 1. The van der Waals surface area contributed by atoms with Crippen LogP contribution in [-0.2, 0) is 27.7 Å². The summed E-state index contributed by atoms with van der Waals surface area (Å²) in [4.78, 5) is 54.6. The molecular weight excluding hydrogens is 710 g/mol. The van der Waals surface area contributed by atoms with Gasteiger partial charge < -0.3 is 22.9 Å². The average molecular weight is 744 g/mol. The first kappa shape index (κ1) is 41.9. The molecular formula is C31H33F8NO9Si. The molecule has 0 fully saturated rings. The highest BCUT2D eigenvalue weighted by Crippen LogP contribution is 2.53. The number of halogens is 8. The highest BCUT2D eigenvalue weighted by atomic mass is 28.4. The van der Waals surface area contributed by atoms with Gasteiger partial charge in [0.2, 0.25) is 5.78 Å². The first-order valence-corrected chi connectivity index (χ1v) is 17.0. The lowest BCUT2D eigenvalue weighted by molar-refractivity contribution is -0.352. The molecule has 0 aromatic heterocycles. The summed E-state index contributed by atoms with van der Waals surface area (Å²) in [5.41, 5.74) is -0.318. The van der Waals surface area contributed by atoms with E-state index in [-0.39, 0.29) is 16.8 Å².